The fourth-order valence-electron chi connectivity index (χ4n) is 2.40. The van der Waals surface area contributed by atoms with Gasteiger partial charge in [-0.15, -0.1) is 0 Å². The Kier molecular flexibility index (Phi) is 5.97. The number of amides is 1. The molecule has 0 aliphatic carbocycles. The van der Waals surface area contributed by atoms with Gasteiger partial charge in [0.05, 0.1) is 0 Å². The van der Waals surface area contributed by atoms with Crippen LogP contribution in [-0.4, -0.2) is 36.3 Å². The van der Waals surface area contributed by atoms with Gasteiger partial charge in [-0.2, -0.15) is 0 Å². The van der Waals surface area contributed by atoms with E-state index in [-0.39, 0.29) is 11.7 Å². The van der Waals surface area contributed by atoms with Crippen LogP contribution in [-0.2, 0) is 0 Å². The van der Waals surface area contributed by atoms with Crippen LogP contribution >= 0.6 is 0 Å². The number of carbonyl (C=O) groups is 2. The Morgan fingerprint density at radius 1 is 1.22 bits per heavy atom. The third-order valence-electron chi connectivity index (χ3n) is 3.73. The van der Waals surface area contributed by atoms with Gasteiger partial charge in [0, 0.05) is 37.1 Å². The Labute approximate surface area is 136 Å². The van der Waals surface area contributed by atoms with Crippen molar-refractivity contribution in [1.82, 2.24) is 10.3 Å². The number of hydrogen-bond acceptors (Lipinski definition) is 3. The number of aromatic amines is 1. The van der Waals surface area contributed by atoms with Crippen molar-refractivity contribution in [3.8, 4) is 0 Å². The Hall–Kier alpha value is -2.56. The summed E-state index contributed by atoms with van der Waals surface area (Å²) < 4.78 is 0. The molecule has 122 valence electrons. The molecule has 0 atom stereocenters. The quantitative estimate of drug-likeness (QED) is 0.582. The Morgan fingerprint density at radius 2 is 1.96 bits per heavy atom. The third kappa shape index (κ3) is 4.71. The number of benzene rings is 1. The molecule has 0 radical (unpaired) electrons. The van der Waals surface area contributed by atoms with Crippen LogP contribution in [0, 0.1) is 0 Å². The first-order valence-electron chi connectivity index (χ1n) is 7.89. The second kappa shape index (κ2) is 8.17. The second-order valence-electron chi connectivity index (χ2n) is 5.38. The van der Waals surface area contributed by atoms with Crippen LogP contribution in [0.4, 0.5) is 5.69 Å². The number of hydrogen-bond donors (Lipinski definition) is 2. The summed E-state index contributed by atoms with van der Waals surface area (Å²) in [5.74, 6) is -0.234. The lowest BCUT2D eigenvalue weighted by Crippen LogP contribution is -2.30. The summed E-state index contributed by atoms with van der Waals surface area (Å²) in [7, 11) is 0. The minimum absolute atomic E-state index is 0.0539. The van der Waals surface area contributed by atoms with E-state index in [1.807, 2.05) is 18.2 Å². The van der Waals surface area contributed by atoms with Gasteiger partial charge in [0.15, 0.2) is 5.78 Å². The average Bonchev–Trinajstić information content (AvgIpc) is 3.06. The fraction of sp³-hybridized carbons (Fsp3) is 0.333. The van der Waals surface area contributed by atoms with Gasteiger partial charge in [-0.25, -0.2) is 0 Å². The highest BCUT2D eigenvalue weighted by Crippen LogP contribution is 2.12. The van der Waals surface area contributed by atoms with Crippen molar-refractivity contribution in [2.24, 2.45) is 0 Å². The maximum Gasteiger partial charge on any atom is 0.267 e. The smallest absolute Gasteiger partial charge is 0.267 e. The van der Waals surface area contributed by atoms with Gasteiger partial charge in [-0.1, -0.05) is 18.2 Å². The summed E-state index contributed by atoms with van der Waals surface area (Å²) in [4.78, 5) is 28.3. The molecule has 0 aliphatic heterocycles. The van der Waals surface area contributed by atoms with E-state index >= 15 is 0 Å². The summed E-state index contributed by atoms with van der Waals surface area (Å²) in [5, 5.41) is 2.87. The number of H-pyrrole nitrogens is 1. The largest absolute Gasteiger partial charge is 0.372 e. The molecule has 2 N–H and O–H groups in total. The molecule has 0 unspecified atom stereocenters. The van der Waals surface area contributed by atoms with Crippen molar-refractivity contribution in [1.29, 1.82) is 0 Å². The highest BCUT2D eigenvalue weighted by atomic mass is 16.2. The SMILES string of the molecule is CCN(CCCNC(=O)c1cc(C(C)=O)c[nH]1)c1ccccc1. The summed E-state index contributed by atoms with van der Waals surface area (Å²) in [6, 6.07) is 11.8. The van der Waals surface area contributed by atoms with Crippen LogP contribution in [0.25, 0.3) is 0 Å². The van der Waals surface area contributed by atoms with E-state index in [0.29, 0.717) is 17.8 Å². The van der Waals surface area contributed by atoms with E-state index in [4.69, 9.17) is 0 Å². The molecule has 0 bridgehead atoms. The summed E-state index contributed by atoms with van der Waals surface area (Å²) in [6.45, 7) is 6.00. The minimum Gasteiger partial charge on any atom is -0.372 e. The highest BCUT2D eigenvalue weighted by Gasteiger charge is 2.10. The molecule has 2 rings (SSSR count). The van der Waals surface area contributed by atoms with Gasteiger partial charge in [0.25, 0.3) is 5.91 Å². The molecule has 23 heavy (non-hydrogen) atoms. The summed E-state index contributed by atoms with van der Waals surface area (Å²) >= 11 is 0. The van der Waals surface area contributed by atoms with Crippen molar-refractivity contribution >= 4 is 17.4 Å². The Bertz CT molecular complexity index is 649. The predicted octanol–water partition coefficient (Wildman–Crippen LogP) is 2.86. The number of ketones is 1. The monoisotopic (exact) mass is 313 g/mol. The molecule has 5 nitrogen and oxygen atoms in total. The molecule has 0 saturated heterocycles. The number of nitrogens with one attached hydrogen (secondary N) is 2. The standard InChI is InChI=1S/C18H23N3O2/c1-3-21(16-8-5-4-6-9-16)11-7-10-19-18(23)17-12-15(13-20-17)14(2)22/h4-6,8-9,12-13,20H,3,7,10-11H2,1-2H3,(H,19,23). The van der Waals surface area contributed by atoms with Crippen LogP contribution < -0.4 is 10.2 Å². The molecule has 0 saturated carbocycles. The van der Waals surface area contributed by atoms with E-state index in [0.717, 1.165) is 19.5 Å². The highest BCUT2D eigenvalue weighted by molar-refractivity contribution is 5.99. The average molecular weight is 313 g/mol. The number of Topliss-reactive ketones (excluding diaryl/α,β-unsaturated/α-hetero) is 1. The Morgan fingerprint density at radius 3 is 2.57 bits per heavy atom. The number of carbonyl (C=O) groups excluding carboxylic acids is 2. The molecule has 0 spiro atoms. The topological polar surface area (TPSA) is 65.2 Å². The van der Waals surface area contributed by atoms with E-state index in [1.54, 1.807) is 12.3 Å². The molecule has 0 fully saturated rings. The number of aromatic nitrogens is 1. The van der Waals surface area contributed by atoms with Gasteiger partial charge in [0.2, 0.25) is 0 Å². The lowest BCUT2D eigenvalue weighted by molar-refractivity contribution is 0.0949. The maximum absolute atomic E-state index is 12.0. The summed E-state index contributed by atoms with van der Waals surface area (Å²) in [5.41, 5.74) is 2.14. The molecule has 1 heterocycles. The number of rotatable bonds is 8. The van der Waals surface area contributed by atoms with Crippen molar-refractivity contribution in [3.63, 3.8) is 0 Å². The lowest BCUT2D eigenvalue weighted by atomic mass is 10.2. The van der Waals surface area contributed by atoms with E-state index in [1.165, 1.54) is 12.6 Å². The molecular formula is C18H23N3O2. The van der Waals surface area contributed by atoms with Crippen LogP contribution in [0.15, 0.2) is 42.6 Å². The number of anilines is 1. The first-order chi connectivity index (χ1) is 11.1. The van der Waals surface area contributed by atoms with E-state index in [9.17, 15) is 9.59 Å². The molecule has 5 heteroatoms. The number of para-hydroxylation sites is 1. The molecule has 1 aromatic carbocycles. The molecule has 0 aliphatic rings. The first-order valence-corrected chi connectivity index (χ1v) is 7.89. The second-order valence-corrected chi connectivity index (χ2v) is 5.38. The van der Waals surface area contributed by atoms with Gasteiger partial charge in [0.1, 0.15) is 5.69 Å². The zero-order valence-electron chi connectivity index (χ0n) is 13.6. The minimum atomic E-state index is -0.180. The molecular weight excluding hydrogens is 290 g/mol. The molecule has 1 amide bonds. The van der Waals surface area contributed by atoms with Crippen LogP contribution in [0.2, 0.25) is 0 Å². The van der Waals surface area contributed by atoms with E-state index < -0.39 is 0 Å². The third-order valence-corrected chi connectivity index (χ3v) is 3.73. The Balaban J connectivity index is 1.77. The maximum atomic E-state index is 12.0. The van der Waals surface area contributed by atoms with Crippen LogP contribution in [0.5, 0.6) is 0 Å². The predicted molar refractivity (Wildman–Crippen MR) is 92.1 cm³/mol. The summed E-state index contributed by atoms with van der Waals surface area (Å²) in [6.07, 6.45) is 2.42. The van der Waals surface area contributed by atoms with Gasteiger partial charge < -0.3 is 15.2 Å². The lowest BCUT2D eigenvalue weighted by Gasteiger charge is -2.23. The van der Waals surface area contributed by atoms with Crippen molar-refractivity contribution in [3.05, 3.63) is 53.9 Å². The fourth-order valence-corrected chi connectivity index (χ4v) is 2.40. The molecule has 1 aromatic heterocycles. The zero-order valence-corrected chi connectivity index (χ0v) is 13.6. The van der Waals surface area contributed by atoms with Gasteiger partial charge >= 0.3 is 0 Å². The number of nitrogens with zero attached hydrogens (tertiary/aromatic N) is 1. The van der Waals surface area contributed by atoms with Crippen molar-refractivity contribution in [2.75, 3.05) is 24.5 Å². The normalized spacial score (nSPS) is 10.3. The van der Waals surface area contributed by atoms with E-state index in [2.05, 4.69) is 34.3 Å². The van der Waals surface area contributed by atoms with Crippen molar-refractivity contribution < 1.29 is 9.59 Å². The first kappa shape index (κ1) is 16.8. The van der Waals surface area contributed by atoms with Crippen LogP contribution in [0.1, 0.15) is 41.1 Å². The zero-order chi connectivity index (χ0) is 16.7. The van der Waals surface area contributed by atoms with Gasteiger partial charge in [-0.05, 0) is 38.5 Å². The van der Waals surface area contributed by atoms with Crippen molar-refractivity contribution in [2.45, 2.75) is 20.3 Å². The molecule has 2 aromatic rings. The van der Waals surface area contributed by atoms with Gasteiger partial charge in [-0.3, -0.25) is 9.59 Å². The van der Waals surface area contributed by atoms with Crippen LogP contribution in [0.3, 0.4) is 0 Å².